The molecule has 3 heterocycles. The van der Waals surface area contributed by atoms with Crippen LogP contribution in [0.4, 0.5) is 5.82 Å². The van der Waals surface area contributed by atoms with Crippen LogP contribution in [0.1, 0.15) is 64.9 Å². The topological polar surface area (TPSA) is 63.2 Å². The minimum Gasteiger partial charge on any atom is -0.300 e. The van der Waals surface area contributed by atoms with E-state index in [0.717, 1.165) is 12.0 Å². The highest BCUT2D eigenvalue weighted by Gasteiger charge is 2.39. The zero-order valence-corrected chi connectivity index (χ0v) is 16.6. The Kier molecular flexibility index (Phi) is 4.22. The van der Waals surface area contributed by atoms with Crippen molar-refractivity contribution in [2.75, 3.05) is 4.90 Å². The van der Waals surface area contributed by atoms with Crippen molar-refractivity contribution < 1.29 is 13.7 Å². The number of aromatic nitrogens is 2. The number of fused-ring (bicyclic) bond motifs is 2. The Morgan fingerprint density at radius 3 is 2.72 bits per heavy atom. The van der Waals surface area contributed by atoms with Gasteiger partial charge >= 0.3 is 0 Å². The summed E-state index contributed by atoms with van der Waals surface area (Å²) in [6.07, 6.45) is 1.47. The van der Waals surface area contributed by atoms with Crippen LogP contribution in [0.15, 0.2) is 48.5 Å². The SMILES string of the molecule is [2H]C([2H])([2H])c1ccc2ccc(N3C(=O)c4ccccc4[C@@H]3CC(=O)CCC(C)C)nc2n1. The van der Waals surface area contributed by atoms with Gasteiger partial charge in [0.1, 0.15) is 11.6 Å². The van der Waals surface area contributed by atoms with Crippen LogP contribution in [0.3, 0.4) is 0 Å². The number of amides is 1. The Hall–Kier alpha value is -3.08. The Labute approximate surface area is 175 Å². The van der Waals surface area contributed by atoms with E-state index in [-0.39, 0.29) is 29.5 Å². The molecule has 0 saturated heterocycles. The fraction of sp³-hybridized carbons (Fsp3) is 0.333. The van der Waals surface area contributed by atoms with Crippen molar-refractivity contribution in [1.82, 2.24) is 9.97 Å². The van der Waals surface area contributed by atoms with E-state index in [0.29, 0.717) is 29.1 Å². The summed E-state index contributed by atoms with van der Waals surface area (Å²) in [7, 11) is 0. The average molecular weight is 391 g/mol. The van der Waals surface area contributed by atoms with Gasteiger partial charge in [0.25, 0.3) is 5.91 Å². The molecule has 3 aromatic rings. The molecule has 29 heavy (non-hydrogen) atoms. The summed E-state index contributed by atoms with van der Waals surface area (Å²) in [5.41, 5.74) is 1.57. The highest BCUT2D eigenvalue weighted by Crippen LogP contribution is 2.39. The largest absolute Gasteiger partial charge is 0.300 e. The molecule has 1 atom stereocenters. The van der Waals surface area contributed by atoms with E-state index < -0.39 is 12.9 Å². The molecule has 4 rings (SSSR count). The number of benzene rings is 1. The Balaban J connectivity index is 1.73. The van der Waals surface area contributed by atoms with Gasteiger partial charge in [-0.3, -0.25) is 14.5 Å². The van der Waals surface area contributed by atoms with Crippen LogP contribution in [0.5, 0.6) is 0 Å². The van der Waals surface area contributed by atoms with E-state index in [4.69, 9.17) is 4.11 Å². The Morgan fingerprint density at radius 2 is 1.93 bits per heavy atom. The summed E-state index contributed by atoms with van der Waals surface area (Å²) in [5.74, 6) is 0.659. The number of anilines is 1. The highest BCUT2D eigenvalue weighted by atomic mass is 16.2. The predicted molar refractivity (Wildman–Crippen MR) is 114 cm³/mol. The number of pyridine rings is 2. The fourth-order valence-electron chi connectivity index (χ4n) is 3.75. The molecule has 148 valence electrons. The minimum absolute atomic E-state index is 0.0499. The molecule has 0 spiro atoms. The number of carbonyl (C=O) groups is 2. The van der Waals surface area contributed by atoms with Gasteiger partial charge in [0, 0.05) is 33.6 Å². The third-order valence-corrected chi connectivity index (χ3v) is 5.29. The molecule has 0 unspecified atom stereocenters. The Bertz CT molecular complexity index is 1190. The van der Waals surface area contributed by atoms with Crippen molar-refractivity contribution in [3.63, 3.8) is 0 Å². The maximum atomic E-state index is 13.3. The van der Waals surface area contributed by atoms with Crippen molar-refractivity contribution >= 4 is 28.5 Å². The van der Waals surface area contributed by atoms with E-state index in [1.54, 1.807) is 35.2 Å². The number of hydrogen-bond acceptors (Lipinski definition) is 4. The molecule has 1 aliphatic heterocycles. The Morgan fingerprint density at radius 1 is 1.14 bits per heavy atom. The van der Waals surface area contributed by atoms with Gasteiger partial charge in [-0.15, -0.1) is 0 Å². The lowest BCUT2D eigenvalue weighted by atomic mass is 9.97. The van der Waals surface area contributed by atoms with E-state index >= 15 is 0 Å². The van der Waals surface area contributed by atoms with E-state index in [1.807, 2.05) is 12.1 Å². The van der Waals surface area contributed by atoms with Crippen LogP contribution in [-0.2, 0) is 4.79 Å². The summed E-state index contributed by atoms with van der Waals surface area (Å²) in [6, 6.07) is 13.5. The third kappa shape index (κ3) is 3.77. The first kappa shape index (κ1) is 15.8. The van der Waals surface area contributed by atoms with Crippen molar-refractivity contribution in [3.8, 4) is 0 Å². The second-order valence-corrected chi connectivity index (χ2v) is 7.87. The first-order valence-electron chi connectivity index (χ1n) is 11.4. The lowest BCUT2D eigenvalue weighted by molar-refractivity contribution is -0.119. The number of Topliss-reactive ketones (excluding diaryl/α,β-unsaturated/α-hetero) is 1. The summed E-state index contributed by atoms with van der Waals surface area (Å²) >= 11 is 0. The van der Waals surface area contributed by atoms with Crippen molar-refractivity contribution in [3.05, 3.63) is 65.4 Å². The summed E-state index contributed by atoms with van der Waals surface area (Å²) in [4.78, 5) is 36.3. The van der Waals surface area contributed by atoms with Gasteiger partial charge in [-0.1, -0.05) is 32.0 Å². The van der Waals surface area contributed by atoms with Gasteiger partial charge in [0.05, 0.1) is 6.04 Å². The highest BCUT2D eigenvalue weighted by molar-refractivity contribution is 6.11. The molecular formula is C24H25N3O2. The number of carbonyl (C=O) groups excluding carboxylic acids is 2. The number of ketones is 1. The molecule has 0 N–H and O–H groups in total. The quantitative estimate of drug-likeness (QED) is 0.592. The van der Waals surface area contributed by atoms with Crippen molar-refractivity contribution in [2.45, 2.75) is 46.0 Å². The van der Waals surface area contributed by atoms with E-state index in [2.05, 4.69) is 23.8 Å². The second kappa shape index (κ2) is 7.74. The van der Waals surface area contributed by atoms with Crippen LogP contribution in [0.2, 0.25) is 0 Å². The van der Waals surface area contributed by atoms with Gasteiger partial charge in [0.15, 0.2) is 5.65 Å². The molecule has 2 aromatic heterocycles. The van der Waals surface area contributed by atoms with Gasteiger partial charge in [-0.05, 0) is 55.1 Å². The summed E-state index contributed by atoms with van der Waals surface area (Å²) < 4.78 is 22.8. The second-order valence-electron chi connectivity index (χ2n) is 7.87. The molecule has 1 amide bonds. The molecule has 0 saturated carbocycles. The average Bonchev–Trinajstić information content (AvgIpc) is 3.02. The lowest BCUT2D eigenvalue weighted by Crippen LogP contribution is -2.30. The molecule has 0 radical (unpaired) electrons. The van der Waals surface area contributed by atoms with Gasteiger partial charge in [-0.2, -0.15) is 0 Å². The van der Waals surface area contributed by atoms with Crippen molar-refractivity contribution in [1.29, 1.82) is 0 Å². The van der Waals surface area contributed by atoms with Crippen molar-refractivity contribution in [2.24, 2.45) is 5.92 Å². The summed E-state index contributed by atoms with van der Waals surface area (Å²) in [6.45, 7) is 1.80. The lowest BCUT2D eigenvalue weighted by Gasteiger charge is -2.24. The molecule has 0 aliphatic carbocycles. The van der Waals surface area contributed by atoms with Gasteiger partial charge in [-0.25, -0.2) is 9.97 Å². The summed E-state index contributed by atoms with van der Waals surface area (Å²) in [5, 5.41) is 0.676. The predicted octanol–water partition coefficient (Wildman–Crippen LogP) is 5.04. The van der Waals surface area contributed by atoms with Crippen LogP contribution in [0, 0.1) is 12.8 Å². The van der Waals surface area contributed by atoms with Crippen LogP contribution in [0.25, 0.3) is 11.0 Å². The maximum Gasteiger partial charge on any atom is 0.260 e. The third-order valence-electron chi connectivity index (χ3n) is 5.29. The minimum atomic E-state index is -2.35. The van der Waals surface area contributed by atoms with Gasteiger partial charge in [0.2, 0.25) is 0 Å². The van der Waals surface area contributed by atoms with Crippen LogP contribution < -0.4 is 4.90 Å². The first-order chi connectivity index (χ1) is 15.1. The number of rotatable bonds is 6. The van der Waals surface area contributed by atoms with E-state index in [9.17, 15) is 9.59 Å². The molecule has 1 aromatic carbocycles. The maximum absolute atomic E-state index is 13.3. The number of aryl methyl sites for hydroxylation is 1. The monoisotopic (exact) mass is 390 g/mol. The zero-order chi connectivity index (χ0) is 23.0. The van der Waals surface area contributed by atoms with Crippen LogP contribution >= 0.6 is 0 Å². The van der Waals surface area contributed by atoms with Crippen LogP contribution in [-0.4, -0.2) is 21.7 Å². The molecular weight excluding hydrogens is 362 g/mol. The van der Waals surface area contributed by atoms with Gasteiger partial charge < -0.3 is 0 Å². The number of nitrogens with zero attached hydrogens (tertiary/aromatic N) is 3. The molecule has 5 heteroatoms. The normalized spacial score (nSPS) is 17.9. The zero-order valence-electron chi connectivity index (χ0n) is 19.6. The smallest absolute Gasteiger partial charge is 0.260 e. The van der Waals surface area contributed by atoms with E-state index in [1.165, 1.54) is 6.07 Å². The standard InChI is InChI=1S/C24H25N3O2/c1-15(2)8-12-18(28)14-21-19-6-4-5-7-20(19)24(29)27(21)22-13-11-17-10-9-16(3)25-23(17)26-22/h4-7,9-11,13,15,21H,8,12,14H2,1-3H3/t21-/m0/s1/i3D3. The molecule has 0 fully saturated rings. The fourth-order valence-corrected chi connectivity index (χ4v) is 3.75. The molecule has 5 nitrogen and oxygen atoms in total. The molecule has 1 aliphatic rings. The first-order valence-corrected chi connectivity index (χ1v) is 9.87. The molecule has 0 bridgehead atoms. The number of hydrogen-bond donors (Lipinski definition) is 0.